The van der Waals surface area contributed by atoms with E-state index in [4.69, 9.17) is 0 Å². The summed E-state index contributed by atoms with van der Waals surface area (Å²) in [6.07, 6.45) is 5.73. The van der Waals surface area contributed by atoms with E-state index < -0.39 is 0 Å². The fourth-order valence-corrected chi connectivity index (χ4v) is 3.23. The Bertz CT molecular complexity index is 284. The van der Waals surface area contributed by atoms with Crippen LogP contribution in [0.5, 0.6) is 0 Å². The van der Waals surface area contributed by atoms with Crippen molar-refractivity contribution < 1.29 is 0 Å². The van der Waals surface area contributed by atoms with Gasteiger partial charge in [0.15, 0.2) is 0 Å². The number of hydrogen-bond acceptors (Lipinski definition) is 2. The van der Waals surface area contributed by atoms with Crippen LogP contribution in [0.1, 0.15) is 66.7 Å². The van der Waals surface area contributed by atoms with Gasteiger partial charge in [-0.3, -0.25) is 5.32 Å². The van der Waals surface area contributed by atoms with Gasteiger partial charge in [-0.2, -0.15) is 5.26 Å². The highest BCUT2D eigenvalue weighted by molar-refractivity contribution is 5.15. The Morgan fingerprint density at radius 1 is 1.41 bits per heavy atom. The average molecular weight is 236 g/mol. The molecule has 0 spiro atoms. The minimum atomic E-state index is -0.300. The molecule has 2 heteroatoms. The summed E-state index contributed by atoms with van der Waals surface area (Å²) >= 11 is 0. The van der Waals surface area contributed by atoms with Crippen LogP contribution in [0.15, 0.2) is 0 Å². The van der Waals surface area contributed by atoms with E-state index in [1.165, 1.54) is 19.3 Å². The first-order valence-electron chi connectivity index (χ1n) is 7.04. The monoisotopic (exact) mass is 236 g/mol. The molecule has 1 fully saturated rings. The molecule has 3 unspecified atom stereocenters. The Kier molecular flexibility index (Phi) is 4.61. The third-order valence-electron chi connectivity index (χ3n) is 4.27. The number of hydrogen-bond donors (Lipinski definition) is 1. The van der Waals surface area contributed by atoms with E-state index in [1.807, 2.05) is 0 Å². The topological polar surface area (TPSA) is 35.8 Å². The minimum absolute atomic E-state index is 0.205. The molecule has 2 nitrogen and oxygen atoms in total. The molecule has 0 radical (unpaired) electrons. The van der Waals surface area contributed by atoms with Crippen LogP contribution < -0.4 is 5.32 Å². The Morgan fingerprint density at radius 2 is 2.06 bits per heavy atom. The SMILES string of the molecule is CCC(C)NC1(C#N)CCCCC1C(C)(C)C. The molecule has 0 bridgehead atoms. The van der Waals surface area contributed by atoms with Crippen LogP contribution >= 0.6 is 0 Å². The maximum Gasteiger partial charge on any atom is 0.110 e. The second-order valence-corrected chi connectivity index (χ2v) is 6.70. The van der Waals surface area contributed by atoms with Crippen molar-refractivity contribution in [2.24, 2.45) is 11.3 Å². The van der Waals surface area contributed by atoms with E-state index >= 15 is 0 Å². The summed E-state index contributed by atoms with van der Waals surface area (Å²) in [5.41, 5.74) is -0.0947. The Hall–Kier alpha value is -0.550. The third-order valence-corrected chi connectivity index (χ3v) is 4.27. The van der Waals surface area contributed by atoms with Crippen molar-refractivity contribution in [2.75, 3.05) is 0 Å². The fourth-order valence-electron chi connectivity index (χ4n) is 3.23. The first kappa shape index (κ1) is 14.5. The van der Waals surface area contributed by atoms with Gasteiger partial charge in [0.05, 0.1) is 6.07 Å². The second-order valence-electron chi connectivity index (χ2n) is 6.70. The zero-order valence-corrected chi connectivity index (χ0v) is 12.1. The summed E-state index contributed by atoms with van der Waals surface area (Å²) in [6, 6.07) is 3.06. The van der Waals surface area contributed by atoms with Crippen LogP contribution in [0.25, 0.3) is 0 Å². The van der Waals surface area contributed by atoms with E-state index in [0.717, 1.165) is 12.8 Å². The van der Waals surface area contributed by atoms with Crippen LogP contribution in [0.4, 0.5) is 0 Å². The van der Waals surface area contributed by atoms with Gasteiger partial charge in [0.1, 0.15) is 5.54 Å². The number of rotatable bonds is 3. The van der Waals surface area contributed by atoms with Crippen LogP contribution in [-0.4, -0.2) is 11.6 Å². The lowest BCUT2D eigenvalue weighted by Crippen LogP contribution is -2.58. The van der Waals surface area contributed by atoms with Gasteiger partial charge in [0, 0.05) is 6.04 Å². The van der Waals surface area contributed by atoms with E-state index in [2.05, 4.69) is 46.0 Å². The molecular weight excluding hydrogens is 208 g/mol. The quantitative estimate of drug-likeness (QED) is 0.807. The predicted octanol–water partition coefficient (Wildman–Crippen LogP) is 3.87. The largest absolute Gasteiger partial charge is 0.297 e. The van der Waals surface area contributed by atoms with Gasteiger partial charge in [0.25, 0.3) is 0 Å². The second kappa shape index (κ2) is 5.40. The van der Waals surface area contributed by atoms with E-state index in [1.54, 1.807) is 0 Å². The molecule has 0 aromatic rings. The van der Waals surface area contributed by atoms with Gasteiger partial charge in [0.2, 0.25) is 0 Å². The van der Waals surface area contributed by atoms with Gasteiger partial charge >= 0.3 is 0 Å². The van der Waals surface area contributed by atoms with Crippen molar-refractivity contribution in [2.45, 2.75) is 78.3 Å². The molecule has 0 aliphatic heterocycles. The summed E-state index contributed by atoms with van der Waals surface area (Å²) < 4.78 is 0. The standard InChI is InChI=1S/C15H28N2/c1-6-12(2)17-15(11-16)10-8-7-9-13(15)14(3,4)5/h12-13,17H,6-10H2,1-5H3. The molecule has 1 saturated carbocycles. The van der Waals surface area contributed by atoms with Crippen molar-refractivity contribution in [3.8, 4) is 6.07 Å². The fraction of sp³-hybridized carbons (Fsp3) is 0.933. The molecule has 98 valence electrons. The molecule has 1 N–H and O–H groups in total. The van der Waals surface area contributed by atoms with Crippen molar-refractivity contribution in [3.63, 3.8) is 0 Å². The van der Waals surface area contributed by atoms with E-state index in [0.29, 0.717) is 12.0 Å². The molecule has 0 aromatic heterocycles. The normalized spacial score (nSPS) is 31.9. The van der Waals surface area contributed by atoms with Gasteiger partial charge in [-0.25, -0.2) is 0 Å². The van der Waals surface area contributed by atoms with Crippen molar-refractivity contribution in [1.29, 1.82) is 5.26 Å². The molecule has 3 atom stereocenters. The van der Waals surface area contributed by atoms with Gasteiger partial charge < -0.3 is 0 Å². The van der Waals surface area contributed by atoms with Crippen molar-refractivity contribution >= 4 is 0 Å². The molecule has 17 heavy (non-hydrogen) atoms. The number of nitrogens with one attached hydrogen (secondary N) is 1. The molecule has 0 heterocycles. The number of nitriles is 1. The maximum absolute atomic E-state index is 9.71. The first-order valence-corrected chi connectivity index (χ1v) is 7.04. The highest BCUT2D eigenvalue weighted by atomic mass is 15.0. The van der Waals surface area contributed by atoms with Gasteiger partial charge in [-0.05, 0) is 37.5 Å². The average Bonchev–Trinajstić information content (AvgIpc) is 2.28. The molecule has 0 aromatic carbocycles. The highest BCUT2D eigenvalue weighted by Crippen LogP contribution is 2.44. The molecule has 0 amide bonds. The van der Waals surface area contributed by atoms with Gasteiger partial charge in [-0.15, -0.1) is 0 Å². The first-order chi connectivity index (χ1) is 7.85. The van der Waals surface area contributed by atoms with Crippen LogP contribution in [0.2, 0.25) is 0 Å². The maximum atomic E-state index is 9.71. The Balaban J connectivity index is 2.96. The molecule has 0 saturated heterocycles. The Labute approximate surface area is 107 Å². The Morgan fingerprint density at radius 3 is 2.53 bits per heavy atom. The third kappa shape index (κ3) is 3.22. The smallest absolute Gasteiger partial charge is 0.110 e. The molecular formula is C15H28N2. The summed E-state index contributed by atoms with van der Waals surface area (Å²) in [6.45, 7) is 11.2. The molecule has 1 aliphatic carbocycles. The van der Waals surface area contributed by atoms with E-state index in [-0.39, 0.29) is 11.0 Å². The lowest BCUT2D eigenvalue weighted by Gasteiger charge is -2.47. The minimum Gasteiger partial charge on any atom is -0.297 e. The zero-order chi connectivity index (χ0) is 13.1. The summed E-state index contributed by atoms with van der Waals surface area (Å²) in [5.74, 6) is 0.461. The zero-order valence-electron chi connectivity index (χ0n) is 12.1. The molecule has 1 aliphatic rings. The highest BCUT2D eigenvalue weighted by Gasteiger charge is 2.46. The van der Waals surface area contributed by atoms with Crippen LogP contribution in [0, 0.1) is 22.7 Å². The van der Waals surface area contributed by atoms with Crippen LogP contribution in [0.3, 0.4) is 0 Å². The van der Waals surface area contributed by atoms with Crippen molar-refractivity contribution in [1.82, 2.24) is 5.32 Å². The predicted molar refractivity (Wildman–Crippen MR) is 72.6 cm³/mol. The summed E-state index contributed by atoms with van der Waals surface area (Å²) in [5, 5.41) is 13.3. The van der Waals surface area contributed by atoms with Crippen LogP contribution in [-0.2, 0) is 0 Å². The summed E-state index contributed by atoms with van der Waals surface area (Å²) in [7, 11) is 0. The van der Waals surface area contributed by atoms with Gasteiger partial charge in [-0.1, -0.05) is 40.5 Å². The lowest BCUT2D eigenvalue weighted by molar-refractivity contribution is 0.0802. The lowest BCUT2D eigenvalue weighted by atomic mass is 9.62. The summed E-state index contributed by atoms with van der Waals surface area (Å²) in [4.78, 5) is 0. The number of nitrogens with zero attached hydrogens (tertiary/aromatic N) is 1. The van der Waals surface area contributed by atoms with E-state index in [9.17, 15) is 5.26 Å². The molecule has 1 rings (SSSR count). The van der Waals surface area contributed by atoms with Crippen molar-refractivity contribution in [3.05, 3.63) is 0 Å².